The van der Waals surface area contributed by atoms with Crippen LogP contribution in [0.4, 0.5) is 10.5 Å². The van der Waals surface area contributed by atoms with Crippen LogP contribution in [0, 0.1) is 6.92 Å². The molecule has 0 radical (unpaired) electrons. The molecule has 4 nitrogen and oxygen atoms in total. The predicted molar refractivity (Wildman–Crippen MR) is 81.9 cm³/mol. The number of anilines is 1. The standard InChI is InChI=1S/C14H12BrClN2O2/c1-9-11(15)7-12(13(16)17-9)18-14(19)20-8-10-5-3-2-4-6-10/h2-7H,8H2,1H3,(H,18,19). The second kappa shape index (κ2) is 6.72. The molecule has 6 heteroatoms. The van der Waals surface area contributed by atoms with Crippen molar-refractivity contribution in [2.75, 3.05) is 5.32 Å². The fourth-order valence-electron chi connectivity index (χ4n) is 1.51. The molecule has 0 spiro atoms. The Morgan fingerprint density at radius 3 is 2.80 bits per heavy atom. The summed E-state index contributed by atoms with van der Waals surface area (Å²) in [5.41, 5.74) is 2.07. The topological polar surface area (TPSA) is 51.2 Å². The number of pyridine rings is 1. The summed E-state index contributed by atoms with van der Waals surface area (Å²) in [5.74, 6) is 0. The summed E-state index contributed by atoms with van der Waals surface area (Å²) >= 11 is 9.29. The van der Waals surface area contributed by atoms with E-state index >= 15 is 0 Å². The third kappa shape index (κ3) is 3.95. The van der Waals surface area contributed by atoms with Gasteiger partial charge in [-0.2, -0.15) is 0 Å². The van der Waals surface area contributed by atoms with Crippen molar-refractivity contribution in [3.63, 3.8) is 0 Å². The molecule has 2 aromatic rings. The first kappa shape index (κ1) is 14.8. The molecule has 0 bridgehead atoms. The van der Waals surface area contributed by atoms with Gasteiger partial charge in [0.2, 0.25) is 0 Å². The average molecular weight is 356 g/mol. The monoisotopic (exact) mass is 354 g/mol. The molecular formula is C14H12BrClN2O2. The summed E-state index contributed by atoms with van der Waals surface area (Å²) in [6, 6.07) is 11.1. The highest BCUT2D eigenvalue weighted by Gasteiger charge is 2.10. The molecule has 1 amide bonds. The first-order valence-electron chi connectivity index (χ1n) is 5.86. The number of nitrogens with zero attached hydrogens (tertiary/aromatic N) is 1. The molecule has 0 aliphatic heterocycles. The van der Waals surface area contributed by atoms with Crippen LogP contribution in [-0.4, -0.2) is 11.1 Å². The Hall–Kier alpha value is -1.59. The Kier molecular flexibility index (Phi) is 4.98. The van der Waals surface area contributed by atoms with E-state index in [2.05, 4.69) is 26.2 Å². The molecule has 20 heavy (non-hydrogen) atoms. The summed E-state index contributed by atoms with van der Waals surface area (Å²) in [6.45, 7) is 2.01. The quantitative estimate of drug-likeness (QED) is 0.821. The van der Waals surface area contributed by atoms with Crippen molar-refractivity contribution in [2.45, 2.75) is 13.5 Å². The summed E-state index contributed by atoms with van der Waals surface area (Å²) in [7, 11) is 0. The molecule has 0 saturated heterocycles. The zero-order valence-electron chi connectivity index (χ0n) is 10.7. The maximum Gasteiger partial charge on any atom is 0.412 e. The van der Waals surface area contributed by atoms with Crippen LogP contribution in [0.15, 0.2) is 40.9 Å². The highest BCUT2D eigenvalue weighted by Crippen LogP contribution is 2.26. The van der Waals surface area contributed by atoms with Crippen molar-refractivity contribution < 1.29 is 9.53 Å². The highest BCUT2D eigenvalue weighted by atomic mass is 79.9. The van der Waals surface area contributed by atoms with Gasteiger partial charge in [-0.05, 0) is 34.5 Å². The number of aromatic nitrogens is 1. The van der Waals surface area contributed by atoms with E-state index in [1.165, 1.54) is 0 Å². The molecule has 104 valence electrons. The van der Waals surface area contributed by atoms with E-state index < -0.39 is 6.09 Å². The highest BCUT2D eigenvalue weighted by molar-refractivity contribution is 9.10. The van der Waals surface area contributed by atoms with E-state index in [1.807, 2.05) is 37.3 Å². The number of carbonyl (C=O) groups excluding carboxylic acids is 1. The molecule has 1 N–H and O–H groups in total. The van der Waals surface area contributed by atoms with Gasteiger partial charge in [0.1, 0.15) is 6.61 Å². The van der Waals surface area contributed by atoms with Crippen LogP contribution in [-0.2, 0) is 11.3 Å². The van der Waals surface area contributed by atoms with Crippen molar-refractivity contribution in [3.05, 3.63) is 57.3 Å². The lowest BCUT2D eigenvalue weighted by Gasteiger charge is -2.09. The van der Waals surface area contributed by atoms with Crippen molar-refractivity contribution in [1.29, 1.82) is 0 Å². The van der Waals surface area contributed by atoms with Gasteiger partial charge in [0.15, 0.2) is 5.15 Å². The van der Waals surface area contributed by atoms with E-state index in [1.54, 1.807) is 6.07 Å². The minimum absolute atomic E-state index is 0.199. The fraction of sp³-hybridized carbons (Fsp3) is 0.143. The Bertz CT molecular complexity index is 620. The van der Waals surface area contributed by atoms with Gasteiger partial charge >= 0.3 is 6.09 Å². The maximum absolute atomic E-state index is 11.7. The number of ether oxygens (including phenoxy) is 1. The molecule has 0 unspecified atom stereocenters. The molecule has 0 aliphatic rings. The van der Waals surface area contributed by atoms with Gasteiger partial charge in [0, 0.05) is 4.47 Å². The van der Waals surface area contributed by atoms with Crippen molar-refractivity contribution in [1.82, 2.24) is 4.98 Å². The average Bonchev–Trinajstić information content (AvgIpc) is 2.44. The first-order valence-corrected chi connectivity index (χ1v) is 7.03. The second-order valence-electron chi connectivity index (χ2n) is 4.08. The van der Waals surface area contributed by atoms with Crippen LogP contribution in [0.5, 0.6) is 0 Å². The summed E-state index contributed by atoms with van der Waals surface area (Å²) < 4.78 is 5.87. The SMILES string of the molecule is Cc1nc(Cl)c(NC(=O)OCc2ccccc2)cc1Br. The van der Waals surface area contributed by atoms with E-state index in [-0.39, 0.29) is 11.8 Å². The van der Waals surface area contributed by atoms with Crippen LogP contribution in [0.1, 0.15) is 11.3 Å². The van der Waals surface area contributed by atoms with Gasteiger partial charge in [-0.1, -0.05) is 41.9 Å². The Labute approximate surface area is 130 Å². The van der Waals surface area contributed by atoms with Gasteiger partial charge in [0.05, 0.1) is 11.4 Å². The molecule has 0 aliphatic carbocycles. The van der Waals surface area contributed by atoms with Gasteiger partial charge in [-0.3, -0.25) is 5.32 Å². The Morgan fingerprint density at radius 2 is 2.10 bits per heavy atom. The number of aryl methyl sites for hydroxylation is 1. The molecular weight excluding hydrogens is 344 g/mol. The molecule has 0 fully saturated rings. The zero-order valence-corrected chi connectivity index (χ0v) is 13.0. The Balaban J connectivity index is 1.97. The lowest BCUT2D eigenvalue weighted by Crippen LogP contribution is -2.14. The smallest absolute Gasteiger partial charge is 0.412 e. The minimum Gasteiger partial charge on any atom is -0.444 e. The van der Waals surface area contributed by atoms with Crippen molar-refractivity contribution in [3.8, 4) is 0 Å². The van der Waals surface area contributed by atoms with Crippen molar-refractivity contribution >= 4 is 39.3 Å². The van der Waals surface area contributed by atoms with E-state index in [0.29, 0.717) is 5.69 Å². The largest absolute Gasteiger partial charge is 0.444 e. The molecule has 0 saturated carbocycles. The molecule has 1 heterocycles. The number of halogens is 2. The number of hydrogen-bond acceptors (Lipinski definition) is 3. The van der Waals surface area contributed by atoms with Crippen molar-refractivity contribution in [2.24, 2.45) is 0 Å². The number of amides is 1. The number of hydrogen-bond donors (Lipinski definition) is 1. The van der Waals surface area contributed by atoms with Crippen LogP contribution in [0.3, 0.4) is 0 Å². The van der Waals surface area contributed by atoms with Crippen LogP contribution in [0.25, 0.3) is 0 Å². The normalized spacial score (nSPS) is 10.2. The van der Waals surface area contributed by atoms with E-state index in [4.69, 9.17) is 16.3 Å². The van der Waals surface area contributed by atoms with Gasteiger partial charge in [-0.15, -0.1) is 0 Å². The van der Waals surface area contributed by atoms with Crippen LogP contribution >= 0.6 is 27.5 Å². The van der Waals surface area contributed by atoms with E-state index in [9.17, 15) is 4.79 Å². The van der Waals surface area contributed by atoms with Gasteiger partial charge in [-0.25, -0.2) is 9.78 Å². The first-order chi connectivity index (χ1) is 9.56. The number of nitrogens with one attached hydrogen (secondary N) is 1. The Morgan fingerprint density at radius 1 is 1.40 bits per heavy atom. The lowest BCUT2D eigenvalue weighted by atomic mass is 10.2. The van der Waals surface area contributed by atoms with Crippen LogP contribution < -0.4 is 5.32 Å². The second-order valence-corrected chi connectivity index (χ2v) is 5.29. The zero-order chi connectivity index (χ0) is 14.5. The third-order valence-electron chi connectivity index (χ3n) is 2.55. The number of rotatable bonds is 3. The minimum atomic E-state index is -0.576. The summed E-state index contributed by atoms with van der Waals surface area (Å²) in [6.07, 6.45) is -0.576. The maximum atomic E-state index is 11.7. The predicted octanol–water partition coefficient (Wildman–Crippen LogP) is 4.55. The summed E-state index contributed by atoms with van der Waals surface area (Å²) in [4.78, 5) is 15.8. The fourth-order valence-corrected chi connectivity index (χ4v) is 2.05. The molecule has 2 rings (SSSR count). The number of benzene rings is 1. The molecule has 1 aromatic carbocycles. The van der Waals surface area contributed by atoms with E-state index in [0.717, 1.165) is 15.7 Å². The van der Waals surface area contributed by atoms with Gasteiger partial charge < -0.3 is 4.74 Å². The van der Waals surface area contributed by atoms with Crippen LogP contribution in [0.2, 0.25) is 5.15 Å². The molecule has 0 atom stereocenters. The van der Waals surface area contributed by atoms with Gasteiger partial charge in [0.25, 0.3) is 0 Å². The molecule has 1 aromatic heterocycles. The third-order valence-corrected chi connectivity index (χ3v) is 3.65. The summed E-state index contributed by atoms with van der Waals surface area (Å²) in [5, 5.41) is 2.79. The lowest BCUT2D eigenvalue weighted by molar-refractivity contribution is 0.155. The number of carbonyl (C=O) groups is 1.